The van der Waals surface area contributed by atoms with Crippen LogP contribution in [0.5, 0.6) is 0 Å². The van der Waals surface area contributed by atoms with Gasteiger partial charge in [-0.2, -0.15) is 5.26 Å². The second-order valence-electron chi connectivity index (χ2n) is 5.20. The molecular formula is C14H21N3O. The maximum absolute atomic E-state index is 9.74. The molecule has 0 bridgehead atoms. The Morgan fingerprint density at radius 2 is 2.33 bits per heavy atom. The third-order valence-electron chi connectivity index (χ3n) is 4.10. The molecule has 2 rings (SSSR count). The molecule has 0 spiro atoms. The summed E-state index contributed by atoms with van der Waals surface area (Å²) in [6.07, 6.45) is 3.06. The van der Waals surface area contributed by atoms with Crippen molar-refractivity contribution in [2.45, 2.75) is 38.8 Å². The number of aliphatic hydroxyl groups is 1. The van der Waals surface area contributed by atoms with E-state index in [1.807, 2.05) is 24.6 Å². The van der Waals surface area contributed by atoms with E-state index in [0.717, 1.165) is 38.0 Å². The molecule has 1 aromatic rings. The Hall–Kier alpha value is -1.31. The summed E-state index contributed by atoms with van der Waals surface area (Å²) in [7, 11) is 1.91. The average molecular weight is 247 g/mol. The summed E-state index contributed by atoms with van der Waals surface area (Å²) in [5.74, 6) is 0.393. The number of nitrogens with zero attached hydrogens (tertiary/aromatic N) is 2. The largest absolute Gasteiger partial charge is 0.393 e. The third kappa shape index (κ3) is 2.58. The molecule has 0 aromatic carbocycles. The first kappa shape index (κ1) is 13.1. The average Bonchev–Trinajstić information content (AvgIpc) is 2.88. The lowest BCUT2D eigenvalue weighted by molar-refractivity contribution is 0.131. The van der Waals surface area contributed by atoms with Gasteiger partial charge in [0, 0.05) is 25.8 Å². The Morgan fingerprint density at radius 3 is 2.89 bits per heavy atom. The van der Waals surface area contributed by atoms with Gasteiger partial charge in [-0.3, -0.25) is 0 Å². The molecule has 2 unspecified atom stereocenters. The predicted octanol–water partition coefficient (Wildman–Crippen LogP) is 1.46. The molecule has 1 aliphatic carbocycles. The van der Waals surface area contributed by atoms with E-state index in [0.29, 0.717) is 11.6 Å². The molecule has 98 valence electrons. The monoisotopic (exact) mass is 247 g/mol. The zero-order valence-electron chi connectivity index (χ0n) is 11.1. The van der Waals surface area contributed by atoms with E-state index < -0.39 is 0 Å². The smallest absolute Gasteiger partial charge is 0.120 e. The van der Waals surface area contributed by atoms with E-state index in [-0.39, 0.29) is 6.10 Å². The van der Waals surface area contributed by atoms with Crippen molar-refractivity contribution in [3.8, 4) is 6.07 Å². The first-order chi connectivity index (χ1) is 8.63. The summed E-state index contributed by atoms with van der Waals surface area (Å²) in [5, 5.41) is 22.1. The summed E-state index contributed by atoms with van der Waals surface area (Å²) in [5.41, 5.74) is 3.00. The molecule has 2 N–H and O–H groups in total. The lowest BCUT2D eigenvalue weighted by Crippen LogP contribution is -2.27. The van der Waals surface area contributed by atoms with E-state index in [1.54, 1.807) is 0 Å². The van der Waals surface area contributed by atoms with Gasteiger partial charge in [0.25, 0.3) is 0 Å². The van der Waals surface area contributed by atoms with Gasteiger partial charge in [-0.15, -0.1) is 0 Å². The number of hydrogen-bond acceptors (Lipinski definition) is 3. The van der Waals surface area contributed by atoms with Gasteiger partial charge in [0.15, 0.2) is 0 Å². The topological polar surface area (TPSA) is 61.0 Å². The van der Waals surface area contributed by atoms with Crippen LogP contribution >= 0.6 is 0 Å². The normalized spacial score (nSPS) is 23.2. The molecule has 4 nitrogen and oxygen atoms in total. The van der Waals surface area contributed by atoms with Crippen LogP contribution in [0.1, 0.15) is 36.2 Å². The second-order valence-corrected chi connectivity index (χ2v) is 5.20. The highest BCUT2D eigenvalue weighted by atomic mass is 16.3. The van der Waals surface area contributed by atoms with Gasteiger partial charge in [0.2, 0.25) is 0 Å². The number of aromatic nitrogens is 1. The minimum Gasteiger partial charge on any atom is -0.393 e. The zero-order valence-corrected chi connectivity index (χ0v) is 11.1. The summed E-state index contributed by atoms with van der Waals surface area (Å²) in [4.78, 5) is 0. The molecule has 4 heteroatoms. The van der Waals surface area contributed by atoms with Crippen molar-refractivity contribution in [1.29, 1.82) is 5.26 Å². The van der Waals surface area contributed by atoms with Crippen LogP contribution in [0.4, 0.5) is 0 Å². The molecule has 1 aromatic heterocycles. The van der Waals surface area contributed by atoms with Crippen LogP contribution in [-0.4, -0.2) is 22.3 Å². The predicted molar refractivity (Wildman–Crippen MR) is 69.9 cm³/mol. The van der Waals surface area contributed by atoms with Gasteiger partial charge in [-0.25, -0.2) is 0 Å². The number of aliphatic hydroxyl groups excluding tert-OH is 1. The number of nitrogens with one attached hydrogen (secondary N) is 1. The minimum absolute atomic E-state index is 0.135. The van der Waals surface area contributed by atoms with Crippen LogP contribution in [-0.2, 0) is 13.6 Å². The Labute approximate surface area is 108 Å². The highest BCUT2D eigenvalue weighted by Crippen LogP contribution is 2.24. The van der Waals surface area contributed by atoms with Crippen molar-refractivity contribution in [2.75, 3.05) is 6.54 Å². The van der Waals surface area contributed by atoms with E-state index in [9.17, 15) is 5.11 Å². The number of nitriles is 1. The van der Waals surface area contributed by atoms with E-state index in [2.05, 4.69) is 11.4 Å². The van der Waals surface area contributed by atoms with Crippen LogP contribution in [0.3, 0.4) is 0 Å². The first-order valence-corrected chi connectivity index (χ1v) is 6.57. The van der Waals surface area contributed by atoms with Gasteiger partial charge in [-0.1, -0.05) is 6.42 Å². The molecule has 0 aliphatic heterocycles. The highest BCUT2D eigenvalue weighted by molar-refractivity contribution is 5.34. The number of rotatable bonds is 4. The van der Waals surface area contributed by atoms with Gasteiger partial charge in [0.05, 0.1) is 6.10 Å². The molecule has 0 saturated heterocycles. The fourth-order valence-electron chi connectivity index (χ4n) is 2.70. The second kappa shape index (κ2) is 5.55. The molecular weight excluding hydrogens is 226 g/mol. The van der Waals surface area contributed by atoms with Crippen LogP contribution in [0.2, 0.25) is 0 Å². The van der Waals surface area contributed by atoms with Crippen molar-refractivity contribution in [2.24, 2.45) is 13.0 Å². The van der Waals surface area contributed by atoms with Gasteiger partial charge < -0.3 is 15.0 Å². The molecule has 0 radical (unpaired) electrons. The Kier molecular flexibility index (Phi) is 4.05. The molecule has 1 heterocycles. The summed E-state index contributed by atoms with van der Waals surface area (Å²) in [6.45, 7) is 3.66. The molecule has 0 amide bonds. The summed E-state index contributed by atoms with van der Waals surface area (Å²) >= 11 is 0. The molecule has 18 heavy (non-hydrogen) atoms. The van der Waals surface area contributed by atoms with Crippen molar-refractivity contribution >= 4 is 0 Å². The Bertz CT molecular complexity index is 458. The van der Waals surface area contributed by atoms with Crippen LogP contribution < -0.4 is 5.32 Å². The van der Waals surface area contributed by atoms with E-state index in [1.165, 1.54) is 5.56 Å². The fraction of sp³-hybridized carbons (Fsp3) is 0.643. The SMILES string of the molecule is Cc1c(CNCC2CCCC2O)cc(C#N)n1C. The summed E-state index contributed by atoms with van der Waals surface area (Å²) in [6, 6.07) is 4.13. The van der Waals surface area contributed by atoms with Crippen LogP contribution in [0.15, 0.2) is 6.07 Å². The van der Waals surface area contributed by atoms with Crippen molar-refractivity contribution in [3.05, 3.63) is 23.0 Å². The van der Waals surface area contributed by atoms with E-state index >= 15 is 0 Å². The zero-order chi connectivity index (χ0) is 13.1. The Balaban J connectivity index is 1.89. The summed E-state index contributed by atoms with van der Waals surface area (Å²) < 4.78 is 1.92. The lowest BCUT2D eigenvalue weighted by Gasteiger charge is -2.15. The fourth-order valence-corrected chi connectivity index (χ4v) is 2.70. The van der Waals surface area contributed by atoms with Crippen molar-refractivity contribution in [3.63, 3.8) is 0 Å². The van der Waals surface area contributed by atoms with Gasteiger partial charge in [-0.05, 0) is 37.3 Å². The van der Waals surface area contributed by atoms with Crippen molar-refractivity contribution in [1.82, 2.24) is 9.88 Å². The standard InChI is InChI=1S/C14H21N3O/c1-10-12(6-13(7-15)17(10)2)9-16-8-11-4-3-5-14(11)18/h6,11,14,16,18H,3-5,8-9H2,1-2H3. The molecule has 1 saturated carbocycles. The van der Waals surface area contributed by atoms with Crippen LogP contribution in [0, 0.1) is 24.2 Å². The van der Waals surface area contributed by atoms with Gasteiger partial charge in [0.1, 0.15) is 11.8 Å². The van der Waals surface area contributed by atoms with Gasteiger partial charge >= 0.3 is 0 Å². The van der Waals surface area contributed by atoms with Crippen LogP contribution in [0.25, 0.3) is 0 Å². The van der Waals surface area contributed by atoms with E-state index in [4.69, 9.17) is 5.26 Å². The first-order valence-electron chi connectivity index (χ1n) is 6.57. The third-order valence-corrected chi connectivity index (χ3v) is 4.10. The highest BCUT2D eigenvalue weighted by Gasteiger charge is 2.24. The molecule has 1 fully saturated rings. The Morgan fingerprint density at radius 1 is 1.56 bits per heavy atom. The maximum Gasteiger partial charge on any atom is 0.120 e. The lowest BCUT2D eigenvalue weighted by atomic mass is 10.1. The number of hydrogen-bond donors (Lipinski definition) is 2. The quantitative estimate of drug-likeness (QED) is 0.846. The molecule has 1 aliphatic rings. The van der Waals surface area contributed by atoms with Crippen molar-refractivity contribution < 1.29 is 5.11 Å². The maximum atomic E-state index is 9.74. The molecule has 2 atom stereocenters. The minimum atomic E-state index is -0.135.